The highest BCUT2D eigenvalue weighted by Gasteiger charge is 2.36. The predicted octanol–water partition coefficient (Wildman–Crippen LogP) is 3.29. The number of carbonyl (C=O) groups excluding carboxylic acids is 4. The first-order chi connectivity index (χ1) is 15.0. The zero-order chi connectivity index (χ0) is 22.4. The molecule has 1 aliphatic rings. The molecule has 7 heteroatoms. The minimum Gasteiger partial charge on any atom is -0.452 e. The van der Waals surface area contributed by atoms with E-state index in [0.717, 1.165) is 23.3 Å². The minimum atomic E-state index is -0.703. The van der Waals surface area contributed by atoms with Gasteiger partial charge in [-0.05, 0) is 36.6 Å². The zero-order valence-electron chi connectivity index (χ0n) is 17.8. The summed E-state index contributed by atoms with van der Waals surface area (Å²) >= 11 is 0. The second kappa shape index (κ2) is 10.0. The van der Waals surface area contributed by atoms with Gasteiger partial charge in [0.25, 0.3) is 17.7 Å². The molecule has 0 saturated carbocycles. The van der Waals surface area contributed by atoms with E-state index in [1.54, 1.807) is 4.90 Å². The van der Waals surface area contributed by atoms with Crippen LogP contribution < -0.4 is 0 Å². The van der Waals surface area contributed by atoms with Gasteiger partial charge in [-0.15, -0.1) is 0 Å². The van der Waals surface area contributed by atoms with Crippen LogP contribution in [0.5, 0.6) is 0 Å². The van der Waals surface area contributed by atoms with Crippen LogP contribution in [0, 0.1) is 0 Å². The number of amides is 3. The molecule has 0 aromatic heterocycles. The Kier molecular flexibility index (Phi) is 7.18. The first-order valence-corrected chi connectivity index (χ1v) is 10.4. The Balaban J connectivity index is 1.68. The fourth-order valence-electron chi connectivity index (χ4n) is 3.53. The van der Waals surface area contributed by atoms with Crippen molar-refractivity contribution < 1.29 is 23.9 Å². The summed E-state index contributed by atoms with van der Waals surface area (Å²) in [6.07, 6.45) is 1.64. The third-order valence-corrected chi connectivity index (χ3v) is 5.06. The lowest BCUT2D eigenvalue weighted by molar-refractivity contribution is -0.134. The highest BCUT2D eigenvalue weighted by molar-refractivity contribution is 6.21. The number of benzene rings is 2. The summed E-state index contributed by atoms with van der Waals surface area (Å²) < 4.78 is 5.17. The van der Waals surface area contributed by atoms with Gasteiger partial charge in [0.15, 0.2) is 6.61 Å². The fourth-order valence-corrected chi connectivity index (χ4v) is 3.53. The molecule has 2 aromatic rings. The Morgan fingerprint density at radius 2 is 1.55 bits per heavy atom. The summed E-state index contributed by atoms with van der Waals surface area (Å²) in [6.45, 7) is 4.97. The molecular weight excluding hydrogens is 396 g/mol. The average molecular weight is 422 g/mol. The molecule has 0 bridgehead atoms. The Morgan fingerprint density at radius 3 is 2.19 bits per heavy atom. The van der Waals surface area contributed by atoms with Gasteiger partial charge >= 0.3 is 5.97 Å². The van der Waals surface area contributed by atoms with E-state index in [2.05, 4.69) is 0 Å². The summed E-state index contributed by atoms with van der Waals surface area (Å²) in [7, 11) is 0. The molecule has 7 nitrogen and oxygen atoms in total. The molecule has 0 N–H and O–H groups in total. The highest BCUT2D eigenvalue weighted by Crippen LogP contribution is 2.26. The molecule has 0 fully saturated rings. The normalized spacial score (nSPS) is 12.6. The molecule has 3 amide bonds. The van der Waals surface area contributed by atoms with Gasteiger partial charge in [0.2, 0.25) is 0 Å². The van der Waals surface area contributed by atoms with Crippen LogP contribution in [0.15, 0.2) is 48.5 Å². The van der Waals surface area contributed by atoms with Gasteiger partial charge in [-0.1, -0.05) is 44.2 Å². The summed E-state index contributed by atoms with van der Waals surface area (Å²) in [5.74, 6) is -1.80. The van der Waals surface area contributed by atoms with Gasteiger partial charge in [-0.25, -0.2) is 4.79 Å². The third kappa shape index (κ3) is 4.99. The Hall–Kier alpha value is -3.48. The van der Waals surface area contributed by atoms with Crippen molar-refractivity contribution in [3.63, 3.8) is 0 Å². The van der Waals surface area contributed by atoms with E-state index in [0.29, 0.717) is 13.1 Å². The molecule has 31 heavy (non-hydrogen) atoms. The van der Waals surface area contributed by atoms with Crippen molar-refractivity contribution in [1.82, 2.24) is 9.80 Å². The Bertz CT molecular complexity index is 981. The molecule has 3 rings (SSSR count). The Morgan fingerprint density at radius 1 is 0.903 bits per heavy atom. The van der Waals surface area contributed by atoms with Crippen LogP contribution in [0.3, 0.4) is 0 Å². The summed E-state index contributed by atoms with van der Waals surface area (Å²) in [5, 5.41) is 0. The first-order valence-electron chi connectivity index (χ1n) is 10.4. The van der Waals surface area contributed by atoms with E-state index in [4.69, 9.17) is 4.74 Å². The van der Waals surface area contributed by atoms with Crippen LogP contribution in [0.1, 0.15) is 63.3 Å². The van der Waals surface area contributed by atoms with E-state index >= 15 is 0 Å². The van der Waals surface area contributed by atoms with E-state index in [-0.39, 0.29) is 35.7 Å². The lowest BCUT2D eigenvalue weighted by Gasteiger charge is -2.21. The van der Waals surface area contributed by atoms with Gasteiger partial charge in [-0.2, -0.15) is 0 Å². The second-order valence-corrected chi connectivity index (χ2v) is 7.40. The van der Waals surface area contributed by atoms with Crippen LogP contribution in [-0.4, -0.2) is 53.2 Å². The van der Waals surface area contributed by atoms with Crippen molar-refractivity contribution in [2.24, 2.45) is 0 Å². The van der Waals surface area contributed by atoms with Crippen molar-refractivity contribution in [1.29, 1.82) is 0 Å². The number of hydrogen-bond donors (Lipinski definition) is 0. The van der Waals surface area contributed by atoms with Gasteiger partial charge in [0, 0.05) is 13.1 Å². The van der Waals surface area contributed by atoms with Gasteiger partial charge in [0.1, 0.15) is 0 Å². The fraction of sp³-hybridized carbons (Fsp3) is 0.333. The molecule has 0 unspecified atom stereocenters. The minimum absolute atomic E-state index is 0.131. The number of nitrogens with zero attached hydrogens (tertiary/aromatic N) is 2. The monoisotopic (exact) mass is 422 g/mol. The van der Waals surface area contributed by atoms with Crippen molar-refractivity contribution in [3.8, 4) is 0 Å². The average Bonchev–Trinajstić information content (AvgIpc) is 3.02. The summed E-state index contributed by atoms with van der Waals surface area (Å²) in [4.78, 5) is 53.0. The third-order valence-electron chi connectivity index (χ3n) is 5.06. The van der Waals surface area contributed by atoms with Crippen LogP contribution in [0.4, 0.5) is 0 Å². The maximum Gasteiger partial charge on any atom is 0.338 e. The van der Waals surface area contributed by atoms with Gasteiger partial charge < -0.3 is 9.64 Å². The molecule has 0 radical (unpaired) electrons. The molecule has 0 saturated heterocycles. The molecular formula is C24H26N2O5. The van der Waals surface area contributed by atoms with E-state index in [1.807, 2.05) is 44.2 Å². The quantitative estimate of drug-likeness (QED) is 0.457. The van der Waals surface area contributed by atoms with E-state index in [9.17, 15) is 19.2 Å². The number of hydrogen-bond acceptors (Lipinski definition) is 5. The number of fused-ring (bicyclic) bond motifs is 1. The zero-order valence-corrected chi connectivity index (χ0v) is 17.8. The molecule has 0 aliphatic carbocycles. The van der Waals surface area contributed by atoms with Crippen molar-refractivity contribution in [3.05, 3.63) is 70.8 Å². The summed E-state index contributed by atoms with van der Waals surface area (Å²) in [6, 6.07) is 13.5. The maximum atomic E-state index is 12.8. The molecule has 0 spiro atoms. The number of ether oxygens (including phenoxy) is 1. The predicted molar refractivity (Wildman–Crippen MR) is 115 cm³/mol. The van der Waals surface area contributed by atoms with Crippen molar-refractivity contribution in [2.45, 2.75) is 33.2 Å². The Labute approximate surface area is 181 Å². The standard InChI is InChI=1S/C24H26N2O5/c1-3-12-25(13-4-2)21(27)16-31-24(30)18-10-11-19-20(14-18)23(29)26(22(19)28)15-17-8-6-5-7-9-17/h5-11,14H,3-4,12-13,15-16H2,1-2H3. The van der Waals surface area contributed by atoms with Crippen LogP contribution in [0.2, 0.25) is 0 Å². The number of rotatable bonds is 9. The molecule has 162 valence electrons. The number of imide groups is 1. The lowest BCUT2D eigenvalue weighted by atomic mass is 10.1. The molecule has 1 heterocycles. The van der Waals surface area contributed by atoms with Crippen LogP contribution in [-0.2, 0) is 16.1 Å². The first kappa shape index (κ1) is 22.2. The largest absolute Gasteiger partial charge is 0.452 e. The lowest BCUT2D eigenvalue weighted by Crippen LogP contribution is -2.35. The molecule has 0 atom stereocenters. The number of carbonyl (C=O) groups is 4. The number of esters is 1. The van der Waals surface area contributed by atoms with Gasteiger partial charge in [-0.3, -0.25) is 19.3 Å². The van der Waals surface area contributed by atoms with E-state index in [1.165, 1.54) is 18.2 Å². The molecule has 2 aromatic carbocycles. The van der Waals surface area contributed by atoms with E-state index < -0.39 is 17.8 Å². The second-order valence-electron chi connectivity index (χ2n) is 7.40. The van der Waals surface area contributed by atoms with Crippen molar-refractivity contribution >= 4 is 23.7 Å². The SMILES string of the molecule is CCCN(CCC)C(=O)COC(=O)c1ccc2c(c1)C(=O)N(Cc1ccccc1)C2=O. The van der Waals surface area contributed by atoms with Crippen LogP contribution in [0.25, 0.3) is 0 Å². The highest BCUT2D eigenvalue weighted by atomic mass is 16.5. The smallest absolute Gasteiger partial charge is 0.338 e. The van der Waals surface area contributed by atoms with Crippen LogP contribution >= 0.6 is 0 Å². The topological polar surface area (TPSA) is 84.0 Å². The summed E-state index contributed by atoms with van der Waals surface area (Å²) in [5.41, 5.74) is 1.39. The molecule has 1 aliphatic heterocycles. The maximum absolute atomic E-state index is 12.8. The van der Waals surface area contributed by atoms with Crippen molar-refractivity contribution in [2.75, 3.05) is 19.7 Å². The van der Waals surface area contributed by atoms with Gasteiger partial charge in [0.05, 0.1) is 23.2 Å².